The van der Waals surface area contributed by atoms with Gasteiger partial charge in [-0.2, -0.15) is 0 Å². The molecule has 0 bridgehead atoms. The molecule has 3 aromatic rings. The second-order valence-electron chi connectivity index (χ2n) is 6.97. The van der Waals surface area contributed by atoms with Gasteiger partial charge in [-0.05, 0) is 66.2 Å². The van der Waals surface area contributed by atoms with Gasteiger partial charge < -0.3 is 14.9 Å². The Hall–Kier alpha value is -4.13. The SMILES string of the molecule is COc1ccc(N2C(=O)C(=O)/C(=C(\O)c3ccc(F)cc3)C2c2cccc(O)c2)cc1. The maximum absolute atomic E-state index is 13.3. The van der Waals surface area contributed by atoms with Crippen LogP contribution in [0.3, 0.4) is 0 Å². The fraction of sp³-hybridized carbons (Fsp3) is 0.0833. The number of ether oxygens (including phenoxy) is 1. The average Bonchev–Trinajstić information content (AvgIpc) is 3.04. The number of carbonyl (C=O) groups is 2. The van der Waals surface area contributed by atoms with Gasteiger partial charge in [-0.15, -0.1) is 0 Å². The quantitative estimate of drug-likeness (QED) is 0.377. The first-order chi connectivity index (χ1) is 14.9. The van der Waals surface area contributed by atoms with Crippen molar-refractivity contribution in [1.82, 2.24) is 0 Å². The normalized spacial score (nSPS) is 17.7. The van der Waals surface area contributed by atoms with Crippen LogP contribution in [-0.2, 0) is 9.59 Å². The molecule has 1 amide bonds. The van der Waals surface area contributed by atoms with E-state index in [-0.39, 0.29) is 16.9 Å². The Morgan fingerprint density at radius 2 is 1.68 bits per heavy atom. The molecule has 6 nitrogen and oxygen atoms in total. The van der Waals surface area contributed by atoms with Crippen LogP contribution in [0.25, 0.3) is 5.76 Å². The van der Waals surface area contributed by atoms with Crippen molar-refractivity contribution in [3.63, 3.8) is 0 Å². The number of Topliss-reactive ketones (excluding diaryl/α,β-unsaturated/α-hetero) is 1. The van der Waals surface area contributed by atoms with E-state index in [1.54, 1.807) is 36.4 Å². The molecule has 3 aromatic carbocycles. The third-order valence-electron chi connectivity index (χ3n) is 5.10. The van der Waals surface area contributed by atoms with Crippen LogP contribution in [0.4, 0.5) is 10.1 Å². The molecular weight excluding hydrogens is 401 g/mol. The van der Waals surface area contributed by atoms with Gasteiger partial charge in [-0.25, -0.2) is 4.39 Å². The number of aromatic hydroxyl groups is 1. The number of aliphatic hydroxyl groups excluding tert-OH is 1. The van der Waals surface area contributed by atoms with Crippen molar-refractivity contribution in [3.8, 4) is 11.5 Å². The van der Waals surface area contributed by atoms with Crippen molar-refractivity contribution in [2.45, 2.75) is 6.04 Å². The van der Waals surface area contributed by atoms with E-state index < -0.39 is 29.3 Å². The number of methoxy groups -OCH3 is 1. The molecule has 1 aliphatic rings. The second kappa shape index (κ2) is 7.95. The first kappa shape index (κ1) is 20.2. The van der Waals surface area contributed by atoms with E-state index in [9.17, 15) is 24.2 Å². The van der Waals surface area contributed by atoms with Crippen molar-refractivity contribution in [1.29, 1.82) is 0 Å². The van der Waals surface area contributed by atoms with E-state index in [1.165, 1.54) is 36.3 Å². The van der Waals surface area contributed by atoms with Crippen LogP contribution >= 0.6 is 0 Å². The summed E-state index contributed by atoms with van der Waals surface area (Å²) in [7, 11) is 1.51. The van der Waals surface area contributed by atoms with Crippen molar-refractivity contribution >= 4 is 23.1 Å². The highest BCUT2D eigenvalue weighted by Crippen LogP contribution is 2.43. The second-order valence-corrected chi connectivity index (χ2v) is 6.97. The van der Waals surface area contributed by atoms with Gasteiger partial charge >= 0.3 is 0 Å². The van der Waals surface area contributed by atoms with Gasteiger partial charge in [0.1, 0.15) is 23.1 Å². The fourth-order valence-corrected chi connectivity index (χ4v) is 3.62. The molecule has 0 aromatic heterocycles. The molecule has 1 saturated heterocycles. The number of ketones is 1. The Morgan fingerprint density at radius 1 is 1.00 bits per heavy atom. The summed E-state index contributed by atoms with van der Waals surface area (Å²) in [5.74, 6) is -2.13. The predicted octanol–water partition coefficient (Wildman–Crippen LogP) is 4.17. The lowest BCUT2D eigenvalue weighted by atomic mass is 9.95. The number of hydrogen-bond donors (Lipinski definition) is 2. The lowest BCUT2D eigenvalue weighted by Crippen LogP contribution is -2.29. The highest BCUT2D eigenvalue weighted by molar-refractivity contribution is 6.51. The third kappa shape index (κ3) is 3.61. The Morgan fingerprint density at radius 3 is 2.29 bits per heavy atom. The topological polar surface area (TPSA) is 87.1 Å². The minimum absolute atomic E-state index is 0.0559. The first-order valence-corrected chi connectivity index (χ1v) is 9.40. The number of phenolic OH excluding ortho intramolecular Hbond substituents is 1. The minimum atomic E-state index is -0.995. The van der Waals surface area contributed by atoms with E-state index in [0.29, 0.717) is 17.0 Å². The number of amides is 1. The number of anilines is 1. The summed E-state index contributed by atoms with van der Waals surface area (Å²) in [6.45, 7) is 0. The predicted molar refractivity (Wildman–Crippen MR) is 112 cm³/mol. The van der Waals surface area contributed by atoms with Gasteiger partial charge in [0.15, 0.2) is 0 Å². The summed E-state index contributed by atoms with van der Waals surface area (Å²) >= 11 is 0. The highest BCUT2D eigenvalue weighted by Gasteiger charge is 2.47. The molecule has 4 rings (SSSR count). The number of nitrogens with zero attached hydrogens (tertiary/aromatic N) is 1. The zero-order chi connectivity index (χ0) is 22.1. The molecule has 31 heavy (non-hydrogen) atoms. The first-order valence-electron chi connectivity index (χ1n) is 9.40. The minimum Gasteiger partial charge on any atom is -0.508 e. The number of aliphatic hydroxyl groups is 1. The summed E-state index contributed by atoms with van der Waals surface area (Å²) in [5, 5.41) is 20.9. The number of carbonyl (C=O) groups excluding carboxylic acids is 2. The standard InChI is InChI=1S/C24H18FNO5/c1-31-19-11-9-17(10-12-19)26-21(15-3-2-4-18(27)13-15)20(23(29)24(26)30)22(28)14-5-7-16(25)8-6-14/h2-13,21,27-28H,1H3/b22-20-. The summed E-state index contributed by atoms with van der Waals surface area (Å²) in [4.78, 5) is 27.3. The van der Waals surface area contributed by atoms with Crippen molar-refractivity contribution < 1.29 is 28.9 Å². The number of rotatable bonds is 4. The van der Waals surface area contributed by atoms with Crippen LogP contribution < -0.4 is 9.64 Å². The Labute approximate surface area is 177 Å². The molecule has 0 saturated carbocycles. The maximum Gasteiger partial charge on any atom is 0.300 e. The lowest BCUT2D eigenvalue weighted by Gasteiger charge is -2.25. The maximum atomic E-state index is 13.3. The fourth-order valence-electron chi connectivity index (χ4n) is 3.62. The zero-order valence-corrected chi connectivity index (χ0v) is 16.4. The van der Waals surface area contributed by atoms with Crippen LogP contribution in [-0.4, -0.2) is 29.0 Å². The van der Waals surface area contributed by atoms with Gasteiger partial charge in [0.25, 0.3) is 11.7 Å². The van der Waals surface area contributed by atoms with Crippen molar-refractivity contribution in [3.05, 3.63) is 95.3 Å². The number of hydrogen-bond acceptors (Lipinski definition) is 5. The molecule has 0 spiro atoms. The highest BCUT2D eigenvalue weighted by atomic mass is 19.1. The van der Waals surface area contributed by atoms with Crippen LogP contribution in [0.5, 0.6) is 11.5 Å². The van der Waals surface area contributed by atoms with Gasteiger partial charge in [0, 0.05) is 11.3 Å². The summed E-state index contributed by atoms with van der Waals surface area (Å²) in [6.07, 6.45) is 0. The van der Waals surface area contributed by atoms with Gasteiger partial charge in [0.2, 0.25) is 0 Å². The average molecular weight is 419 g/mol. The van der Waals surface area contributed by atoms with E-state index in [4.69, 9.17) is 4.74 Å². The molecule has 1 heterocycles. The van der Waals surface area contributed by atoms with E-state index >= 15 is 0 Å². The molecule has 1 fully saturated rings. The summed E-state index contributed by atoms with van der Waals surface area (Å²) in [5.41, 5.74) is 0.880. The van der Waals surface area contributed by atoms with Crippen molar-refractivity contribution in [2.24, 2.45) is 0 Å². The molecule has 0 aliphatic carbocycles. The monoisotopic (exact) mass is 419 g/mol. The zero-order valence-electron chi connectivity index (χ0n) is 16.4. The molecular formula is C24H18FNO5. The number of halogens is 1. The number of phenols is 1. The molecule has 156 valence electrons. The summed E-state index contributed by atoms with van der Waals surface area (Å²) in [6, 6.07) is 16.6. The lowest BCUT2D eigenvalue weighted by molar-refractivity contribution is -0.132. The van der Waals surface area contributed by atoms with Gasteiger partial charge in [-0.1, -0.05) is 12.1 Å². The molecule has 2 N–H and O–H groups in total. The third-order valence-corrected chi connectivity index (χ3v) is 5.10. The molecule has 1 atom stereocenters. The van der Waals surface area contributed by atoms with E-state index in [2.05, 4.69) is 0 Å². The Kier molecular flexibility index (Phi) is 5.17. The van der Waals surface area contributed by atoms with Crippen LogP contribution in [0.15, 0.2) is 78.4 Å². The Bertz CT molecular complexity index is 1190. The molecule has 7 heteroatoms. The number of benzene rings is 3. The van der Waals surface area contributed by atoms with Gasteiger partial charge in [-0.3, -0.25) is 14.5 Å². The van der Waals surface area contributed by atoms with Crippen molar-refractivity contribution in [2.75, 3.05) is 12.0 Å². The summed E-state index contributed by atoms with van der Waals surface area (Å²) < 4.78 is 18.5. The Balaban J connectivity index is 1.92. The van der Waals surface area contributed by atoms with Crippen LogP contribution in [0.2, 0.25) is 0 Å². The smallest absolute Gasteiger partial charge is 0.300 e. The molecule has 0 radical (unpaired) electrons. The van der Waals surface area contributed by atoms with Gasteiger partial charge in [0.05, 0.1) is 18.7 Å². The van der Waals surface area contributed by atoms with Crippen LogP contribution in [0, 0.1) is 5.82 Å². The largest absolute Gasteiger partial charge is 0.508 e. The van der Waals surface area contributed by atoms with E-state index in [0.717, 1.165) is 12.1 Å². The molecule has 1 unspecified atom stereocenters. The molecule has 1 aliphatic heterocycles. The van der Waals surface area contributed by atoms with E-state index in [1.807, 2.05) is 0 Å². The van der Waals surface area contributed by atoms with Crippen LogP contribution in [0.1, 0.15) is 17.2 Å².